The number of nitrogens with two attached hydrogens (primary N) is 1. The summed E-state index contributed by atoms with van der Waals surface area (Å²) in [4.78, 5) is 23.9. The highest BCUT2D eigenvalue weighted by molar-refractivity contribution is 6.33. The van der Waals surface area contributed by atoms with Crippen LogP contribution in [-0.2, 0) is 20.0 Å². The van der Waals surface area contributed by atoms with Crippen LogP contribution in [0, 0.1) is 18.3 Å². The van der Waals surface area contributed by atoms with E-state index >= 15 is 0 Å². The smallest absolute Gasteiger partial charge is 0.308 e. The molecule has 0 radical (unpaired) electrons. The molecule has 0 amide bonds. The highest BCUT2D eigenvalue weighted by Gasteiger charge is 2.42. The molecule has 1 aliphatic rings. The second-order valence-corrected chi connectivity index (χ2v) is 6.51. The summed E-state index contributed by atoms with van der Waals surface area (Å²) in [5.41, 5.74) is 5.38. The standard InChI is InChI=1S/C16H18ClN5O3/c1-4-16(6-5-10(25-16)7-24-14(23)9(2)3)22-8-19-11-12(17)20-15(18)21-13(11)22/h1,8-10H,5-7H2,2-3H3,(H2,18,20,21). The summed E-state index contributed by atoms with van der Waals surface area (Å²) < 4.78 is 12.9. The third-order valence-electron chi connectivity index (χ3n) is 4.04. The van der Waals surface area contributed by atoms with Crippen molar-refractivity contribution >= 4 is 34.7 Å². The van der Waals surface area contributed by atoms with Crippen molar-refractivity contribution < 1.29 is 14.3 Å². The summed E-state index contributed by atoms with van der Waals surface area (Å²) in [6.45, 7) is 3.69. The van der Waals surface area contributed by atoms with Crippen molar-refractivity contribution in [1.29, 1.82) is 0 Å². The first-order chi connectivity index (χ1) is 11.9. The summed E-state index contributed by atoms with van der Waals surface area (Å²) in [6.07, 6.45) is 8.09. The number of ether oxygens (including phenoxy) is 2. The number of carbonyl (C=O) groups is 1. The molecule has 0 aromatic carbocycles. The molecule has 0 bridgehead atoms. The van der Waals surface area contributed by atoms with Gasteiger partial charge in [0.25, 0.3) is 0 Å². The van der Waals surface area contributed by atoms with Crippen molar-refractivity contribution in [3.05, 3.63) is 11.5 Å². The molecule has 9 heteroatoms. The zero-order valence-electron chi connectivity index (χ0n) is 13.9. The van der Waals surface area contributed by atoms with Crippen molar-refractivity contribution in [3.63, 3.8) is 0 Å². The van der Waals surface area contributed by atoms with E-state index < -0.39 is 5.72 Å². The van der Waals surface area contributed by atoms with E-state index in [0.717, 1.165) is 0 Å². The predicted octanol–water partition coefficient (Wildman–Crippen LogP) is 1.73. The van der Waals surface area contributed by atoms with Gasteiger partial charge in [-0.15, -0.1) is 6.42 Å². The van der Waals surface area contributed by atoms with E-state index in [1.807, 2.05) is 0 Å². The Bertz CT molecular complexity index is 859. The van der Waals surface area contributed by atoms with E-state index in [2.05, 4.69) is 20.9 Å². The maximum atomic E-state index is 11.6. The Labute approximate surface area is 149 Å². The Hall–Kier alpha value is -2.37. The predicted molar refractivity (Wildman–Crippen MR) is 91.5 cm³/mol. The number of aromatic nitrogens is 4. The number of hydrogen-bond acceptors (Lipinski definition) is 7. The van der Waals surface area contributed by atoms with E-state index in [-0.39, 0.29) is 35.7 Å². The molecule has 1 aliphatic heterocycles. The molecule has 0 aliphatic carbocycles. The van der Waals surface area contributed by atoms with Crippen LogP contribution in [0.1, 0.15) is 26.7 Å². The molecule has 3 rings (SSSR count). The van der Waals surface area contributed by atoms with Crippen LogP contribution in [0.15, 0.2) is 6.33 Å². The monoisotopic (exact) mass is 363 g/mol. The van der Waals surface area contributed by atoms with Gasteiger partial charge >= 0.3 is 5.97 Å². The second-order valence-electron chi connectivity index (χ2n) is 6.15. The van der Waals surface area contributed by atoms with Crippen LogP contribution in [0.2, 0.25) is 5.15 Å². The molecule has 2 aromatic rings. The van der Waals surface area contributed by atoms with E-state index in [9.17, 15) is 4.79 Å². The van der Waals surface area contributed by atoms with E-state index in [4.69, 9.17) is 33.2 Å². The van der Waals surface area contributed by atoms with E-state index in [0.29, 0.717) is 24.0 Å². The Balaban J connectivity index is 1.86. The van der Waals surface area contributed by atoms with Crippen LogP contribution in [0.3, 0.4) is 0 Å². The Morgan fingerprint density at radius 3 is 3.08 bits per heavy atom. The fourth-order valence-electron chi connectivity index (χ4n) is 2.71. The molecule has 0 spiro atoms. The Morgan fingerprint density at radius 2 is 2.40 bits per heavy atom. The summed E-state index contributed by atoms with van der Waals surface area (Å²) >= 11 is 6.06. The van der Waals surface area contributed by atoms with Crippen molar-refractivity contribution in [1.82, 2.24) is 19.5 Å². The lowest BCUT2D eigenvalue weighted by Gasteiger charge is -2.25. The summed E-state index contributed by atoms with van der Waals surface area (Å²) in [7, 11) is 0. The van der Waals surface area contributed by atoms with Gasteiger partial charge in [-0.05, 0) is 12.3 Å². The number of anilines is 1. The molecule has 1 fully saturated rings. The topological polar surface area (TPSA) is 105 Å². The van der Waals surface area contributed by atoms with Gasteiger partial charge in [0.15, 0.2) is 10.8 Å². The lowest BCUT2D eigenvalue weighted by Crippen LogP contribution is -2.33. The Morgan fingerprint density at radius 1 is 1.64 bits per heavy atom. The zero-order valence-corrected chi connectivity index (χ0v) is 14.7. The number of rotatable bonds is 4. The number of terminal acetylenes is 1. The SMILES string of the molecule is C#CC1(n2cnc3c(Cl)nc(N)nc32)CCC(COC(=O)C(C)C)O1. The van der Waals surface area contributed by atoms with Crippen molar-refractivity contribution in [2.24, 2.45) is 5.92 Å². The number of halogens is 1. The number of nitrogens with zero attached hydrogens (tertiary/aromatic N) is 4. The number of esters is 1. The number of fused-ring (bicyclic) bond motifs is 1. The van der Waals surface area contributed by atoms with Crippen LogP contribution in [-0.4, -0.2) is 38.2 Å². The van der Waals surface area contributed by atoms with Gasteiger partial charge in [-0.25, -0.2) is 4.98 Å². The first-order valence-corrected chi connectivity index (χ1v) is 8.23. The maximum absolute atomic E-state index is 11.6. The van der Waals surface area contributed by atoms with Crippen LogP contribution in [0.4, 0.5) is 5.95 Å². The largest absolute Gasteiger partial charge is 0.463 e. The van der Waals surface area contributed by atoms with Gasteiger partial charge in [0.1, 0.15) is 18.5 Å². The highest BCUT2D eigenvalue weighted by atomic mass is 35.5. The molecule has 132 valence electrons. The minimum Gasteiger partial charge on any atom is -0.463 e. The summed E-state index contributed by atoms with van der Waals surface area (Å²) in [5, 5.41) is 0.147. The van der Waals surface area contributed by atoms with Gasteiger partial charge in [-0.1, -0.05) is 25.4 Å². The van der Waals surface area contributed by atoms with Crippen molar-refractivity contribution in [2.75, 3.05) is 12.3 Å². The number of carbonyl (C=O) groups excluding carboxylic acids is 1. The van der Waals surface area contributed by atoms with Gasteiger partial charge in [0, 0.05) is 6.42 Å². The molecule has 2 unspecified atom stereocenters. The lowest BCUT2D eigenvalue weighted by molar-refractivity contribution is -0.154. The van der Waals surface area contributed by atoms with Gasteiger partial charge in [-0.2, -0.15) is 9.97 Å². The summed E-state index contributed by atoms with van der Waals surface area (Å²) in [5.74, 6) is 2.22. The highest BCUT2D eigenvalue weighted by Crippen LogP contribution is 2.37. The molecule has 8 nitrogen and oxygen atoms in total. The normalized spacial score (nSPS) is 23.1. The third-order valence-corrected chi connectivity index (χ3v) is 4.30. The van der Waals surface area contributed by atoms with E-state index in [1.54, 1.807) is 18.4 Å². The molecule has 0 saturated carbocycles. The van der Waals surface area contributed by atoms with Gasteiger partial charge in [0.2, 0.25) is 11.7 Å². The average Bonchev–Trinajstić information content (AvgIpc) is 3.17. The van der Waals surface area contributed by atoms with Gasteiger partial charge < -0.3 is 15.2 Å². The number of imidazole rings is 1. The van der Waals surface area contributed by atoms with Crippen molar-refractivity contribution in [2.45, 2.75) is 38.5 Å². The molecule has 2 atom stereocenters. The average molecular weight is 364 g/mol. The number of nitrogen functional groups attached to an aromatic ring is 1. The molecular formula is C16H18ClN5O3. The minimum atomic E-state index is -1.09. The fourth-order valence-corrected chi connectivity index (χ4v) is 2.93. The molecule has 25 heavy (non-hydrogen) atoms. The molecular weight excluding hydrogens is 346 g/mol. The first-order valence-electron chi connectivity index (χ1n) is 7.85. The molecule has 2 N–H and O–H groups in total. The maximum Gasteiger partial charge on any atom is 0.308 e. The molecule has 2 aromatic heterocycles. The lowest BCUT2D eigenvalue weighted by atomic mass is 10.1. The molecule has 1 saturated heterocycles. The van der Waals surface area contributed by atoms with Gasteiger partial charge in [0.05, 0.1) is 12.0 Å². The zero-order chi connectivity index (χ0) is 18.2. The fraction of sp³-hybridized carbons (Fsp3) is 0.500. The van der Waals surface area contributed by atoms with Crippen LogP contribution >= 0.6 is 11.6 Å². The van der Waals surface area contributed by atoms with Crippen LogP contribution in [0.5, 0.6) is 0 Å². The minimum absolute atomic E-state index is 0.0202. The number of hydrogen-bond donors (Lipinski definition) is 1. The molecule has 3 heterocycles. The van der Waals surface area contributed by atoms with Crippen LogP contribution < -0.4 is 5.73 Å². The van der Waals surface area contributed by atoms with Crippen molar-refractivity contribution in [3.8, 4) is 12.3 Å². The Kier molecular flexibility index (Phi) is 4.54. The quantitative estimate of drug-likeness (QED) is 0.501. The first kappa shape index (κ1) is 17.5. The third kappa shape index (κ3) is 3.13. The second kappa shape index (κ2) is 6.50. The van der Waals surface area contributed by atoms with Crippen LogP contribution in [0.25, 0.3) is 11.2 Å². The van der Waals surface area contributed by atoms with Gasteiger partial charge in [-0.3, -0.25) is 9.36 Å². The summed E-state index contributed by atoms with van der Waals surface area (Å²) in [6, 6.07) is 0. The van der Waals surface area contributed by atoms with E-state index in [1.165, 1.54) is 6.33 Å².